The third kappa shape index (κ3) is 4.67. The average Bonchev–Trinajstić information content (AvgIpc) is 3.24. The lowest BCUT2D eigenvalue weighted by Gasteiger charge is -2.45. The lowest BCUT2D eigenvalue weighted by atomic mass is 9.55. The molecule has 1 heterocycles. The second-order valence-corrected chi connectivity index (χ2v) is 12.0. The number of benzene rings is 3. The minimum absolute atomic E-state index is 0.259. The van der Waals surface area contributed by atoms with Crippen molar-refractivity contribution >= 4 is 56.9 Å². The van der Waals surface area contributed by atoms with Crippen molar-refractivity contribution in [2.24, 2.45) is 11.8 Å². The van der Waals surface area contributed by atoms with Gasteiger partial charge >= 0.3 is 5.97 Å². The van der Waals surface area contributed by atoms with Crippen LogP contribution in [0.4, 0.5) is 5.69 Å². The van der Waals surface area contributed by atoms with Crippen LogP contribution in [0.2, 0.25) is 5.02 Å². The molecule has 3 amide bonds. The number of ether oxygens (including phenoxy) is 1. The van der Waals surface area contributed by atoms with Gasteiger partial charge in [0.1, 0.15) is 6.04 Å². The van der Waals surface area contributed by atoms with Gasteiger partial charge in [-0.25, -0.2) is 4.79 Å². The lowest BCUT2D eigenvalue weighted by molar-refractivity contribution is -0.160. The second kappa shape index (κ2) is 11.1. The fourth-order valence-electron chi connectivity index (χ4n) is 6.76. The van der Waals surface area contributed by atoms with Crippen LogP contribution in [-0.4, -0.2) is 41.2 Å². The zero-order chi connectivity index (χ0) is 28.8. The van der Waals surface area contributed by atoms with Gasteiger partial charge in [0, 0.05) is 22.0 Å². The zero-order valence-corrected chi connectivity index (χ0v) is 24.7. The average molecular weight is 636 g/mol. The maximum atomic E-state index is 14.1. The number of nitrogens with zero attached hydrogens (tertiary/aromatic N) is 1. The molecule has 9 heteroatoms. The van der Waals surface area contributed by atoms with Gasteiger partial charge in [-0.1, -0.05) is 79.9 Å². The van der Waals surface area contributed by atoms with Crippen molar-refractivity contribution in [1.82, 2.24) is 4.90 Å². The van der Waals surface area contributed by atoms with Crippen LogP contribution in [0, 0.1) is 11.8 Å². The molecule has 0 saturated carbocycles. The number of esters is 1. The zero-order valence-electron chi connectivity index (χ0n) is 22.3. The Morgan fingerprint density at radius 2 is 1.46 bits per heavy atom. The third-order valence-electron chi connectivity index (χ3n) is 8.45. The van der Waals surface area contributed by atoms with Gasteiger partial charge < -0.3 is 10.1 Å². The monoisotopic (exact) mass is 634 g/mol. The Bertz CT molecular complexity index is 1460. The van der Waals surface area contributed by atoms with Crippen LogP contribution in [-0.2, 0) is 23.9 Å². The smallest absolute Gasteiger partial charge is 0.329 e. The molecule has 3 atom stereocenters. The summed E-state index contributed by atoms with van der Waals surface area (Å²) in [4.78, 5) is 55.4. The molecular weight excluding hydrogens is 608 g/mol. The van der Waals surface area contributed by atoms with Crippen molar-refractivity contribution in [2.75, 3.05) is 11.9 Å². The van der Waals surface area contributed by atoms with Crippen molar-refractivity contribution in [3.05, 3.63) is 98.5 Å². The number of halogens is 2. The van der Waals surface area contributed by atoms with Crippen LogP contribution >= 0.6 is 27.5 Å². The van der Waals surface area contributed by atoms with E-state index in [2.05, 4.69) is 21.2 Å². The summed E-state index contributed by atoms with van der Waals surface area (Å²) < 4.78 is 6.09. The Hall–Kier alpha value is -3.49. The quantitative estimate of drug-likeness (QED) is 0.241. The molecule has 1 saturated heterocycles. The van der Waals surface area contributed by atoms with Crippen molar-refractivity contribution in [1.29, 1.82) is 0 Å². The fraction of sp³-hybridized carbons (Fsp3) is 0.312. The topological polar surface area (TPSA) is 92.8 Å². The molecule has 1 N–H and O–H groups in total. The summed E-state index contributed by atoms with van der Waals surface area (Å²) in [7, 11) is 0. The first-order valence-electron chi connectivity index (χ1n) is 13.8. The highest BCUT2D eigenvalue weighted by Crippen LogP contribution is 2.61. The number of amides is 3. The Balaban J connectivity index is 1.25. The van der Waals surface area contributed by atoms with Crippen molar-refractivity contribution in [3.8, 4) is 0 Å². The van der Waals surface area contributed by atoms with E-state index in [-0.39, 0.29) is 30.1 Å². The van der Waals surface area contributed by atoms with Gasteiger partial charge in [-0.3, -0.25) is 19.3 Å². The van der Waals surface area contributed by atoms with Crippen LogP contribution < -0.4 is 5.32 Å². The molecule has 210 valence electrons. The number of imide groups is 1. The molecule has 3 aromatic rings. The summed E-state index contributed by atoms with van der Waals surface area (Å²) in [5, 5.41) is 3.07. The summed E-state index contributed by atoms with van der Waals surface area (Å²) in [5.74, 6) is -3.68. The van der Waals surface area contributed by atoms with Crippen molar-refractivity contribution < 1.29 is 23.9 Å². The van der Waals surface area contributed by atoms with Gasteiger partial charge in [-0.2, -0.15) is 0 Å². The van der Waals surface area contributed by atoms with Gasteiger partial charge in [0.25, 0.3) is 5.91 Å². The number of unbranched alkanes of at least 4 members (excludes halogenated alkanes) is 1. The van der Waals surface area contributed by atoms with Gasteiger partial charge in [0.2, 0.25) is 11.8 Å². The molecule has 1 aliphatic heterocycles. The summed E-state index contributed by atoms with van der Waals surface area (Å²) in [6.45, 7) is 1.42. The predicted octanol–water partition coefficient (Wildman–Crippen LogP) is 6.04. The number of rotatable bonds is 8. The number of anilines is 1. The fourth-order valence-corrected chi connectivity index (χ4v) is 7.19. The molecule has 1 fully saturated rings. The van der Waals surface area contributed by atoms with Crippen LogP contribution in [0.5, 0.6) is 0 Å². The Labute approximate surface area is 251 Å². The third-order valence-corrected chi connectivity index (χ3v) is 9.68. The number of hydrogen-bond donors (Lipinski definition) is 1. The highest BCUT2D eigenvalue weighted by atomic mass is 79.9. The normalized spacial score (nSPS) is 22.6. The van der Waals surface area contributed by atoms with E-state index in [1.54, 1.807) is 18.2 Å². The maximum Gasteiger partial charge on any atom is 0.329 e. The van der Waals surface area contributed by atoms with E-state index in [9.17, 15) is 19.2 Å². The summed E-state index contributed by atoms with van der Waals surface area (Å²) in [5.41, 5.74) is 4.72. The number of hydrogen-bond acceptors (Lipinski definition) is 5. The van der Waals surface area contributed by atoms with Crippen LogP contribution in [0.15, 0.2) is 71.2 Å². The van der Waals surface area contributed by atoms with Crippen LogP contribution in [0.1, 0.15) is 60.3 Å². The molecule has 3 aromatic carbocycles. The molecular formula is C32H28BrClN2O5. The van der Waals surface area contributed by atoms with E-state index >= 15 is 0 Å². The van der Waals surface area contributed by atoms with Crippen molar-refractivity contribution in [3.63, 3.8) is 0 Å². The number of carbonyl (C=O) groups excluding carboxylic acids is 4. The van der Waals surface area contributed by atoms with E-state index in [0.717, 1.165) is 33.6 Å². The SMILES string of the molecule is CCCC[C@H](C(=O)OCC(=O)Nc1ccc(Br)c(Cl)c1)N1C(=O)[C@H]2C3c4ccccc4C(c4ccccc43)[C@@H]2C1=O. The Kier molecular flexibility index (Phi) is 7.47. The molecule has 4 aliphatic rings. The van der Waals surface area contributed by atoms with Gasteiger partial charge in [0.15, 0.2) is 6.61 Å². The standard InChI is InChI=1S/C32H28BrClN2O5/c1-2-3-12-24(32(40)41-16-25(37)35-17-13-14-22(33)23(34)15-17)36-30(38)28-26-18-8-4-5-9-19(18)27(29(28)31(36)39)21-11-7-6-10-20(21)26/h4-11,13-15,24,26-29H,2-3,12,16H2,1H3,(H,35,37)/t24-,26?,27?,28+,29+/m1/s1. The van der Waals surface area contributed by atoms with Crippen molar-refractivity contribution in [2.45, 2.75) is 44.1 Å². The Morgan fingerprint density at radius 1 is 0.927 bits per heavy atom. The van der Waals surface area contributed by atoms with E-state index < -0.39 is 36.4 Å². The van der Waals surface area contributed by atoms with Gasteiger partial charge in [-0.15, -0.1) is 0 Å². The first-order chi connectivity index (χ1) is 19.8. The van der Waals surface area contributed by atoms with E-state index in [1.807, 2.05) is 55.5 Å². The first-order valence-corrected chi connectivity index (χ1v) is 14.9. The van der Waals surface area contributed by atoms with Gasteiger partial charge in [0.05, 0.1) is 16.9 Å². The van der Waals surface area contributed by atoms with E-state index in [0.29, 0.717) is 21.6 Å². The van der Waals surface area contributed by atoms with E-state index in [1.165, 1.54) is 0 Å². The first kappa shape index (κ1) is 27.7. The molecule has 2 bridgehead atoms. The molecule has 0 spiro atoms. The number of nitrogens with one attached hydrogen (secondary N) is 1. The minimum Gasteiger partial charge on any atom is -0.454 e. The predicted molar refractivity (Wildman–Crippen MR) is 157 cm³/mol. The van der Waals surface area contributed by atoms with Crippen LogP contribution in [0.3, 0.4) is 0 Å². The molecule has 7 rings (SSSR count). The van der Waals surface area contributed by atoms with Gasteiger partial charge in [-0.05, 0) is 62.8 Å². The highest BCUT2D eigenvalue weighted by Gasteiger charge is 2.63. The number of likely N-dealkylation sites (tertiary alicyclic amines) is 1. The molecule has 0 radical (unpaired) electrons. The summed E-state index contributed by atoms with van der Waals surface area (Å²) in [6.07, 6.45) is 1.65. The molecule has 41 heavy (non-hydrogen) atoms. The van der Waals surface area contributed by atoms with E-state index in [4.69, 9.17) is 16.3 Å². The molecule has 0 unspecified atom stereocenters. The summed E-state index contributed by atoms with van der Waals surface area (Å²) in [6, 6.07) is 19.8. The highest BCUT2D eigenvalue weighted by molar-refractivity contribution is 9.10. The molecule has 0 aromatic heterocycles. The molecule has 7 nitrogen and oxygen atoms in total. The summed E-state index contributed by atoms with van der Waals surface area (Å²) >= 11 is 9.40. The number of carbonyl (C=O) groups is 4. The largest absolute Gasteiger partial charge is 0.454 e. The second-order valence-electron chi connectivity index (χ2n) is 10.8. The maximum absolute atomic E-state index is 14.1. The lowest BCUT2D eigenvalue weighted by Crippen LogP contribution is -2.47. The minimum atomic E-state index is -1.10. The Morgan fingerprint density at radius 3 is 1.95 bits per heavy atom. The van der Waals surface area contributed by atoms with Crippen LogP contribution in [0.25, 0.3) is 0 Å². The molecule has 3 aliphatic carbocycles.